The zero-order valence-corrected chi connectivity index (χ0v) is 20.7. The standard InChI is InChI=1S/C26H16F6N4O3S/c27-25(28,29)14-4-3-5-16(12-14)36-23(38)22-21(18-6-1-2-7-19(18)34-22)35-24(36)40-13-20(37)33-15-8-10-17(11-9-15)39-26(30,31)32/h1-12,34H,13H2,(H,33,37). The number of benzene rings is 3. The fourth-order valence-corrected chi connectivity index (χ4v) is 4.76. The van der Waals surface area contributed by atoms with Gasteiger partial charge in [0.2, 0.25) is 5.91 Å². The number of aromatic nitrogens is 3. The Morgan fingerprint density at radius 1 is 0.975 bits per heavy atom. The van der Waals surface area contributed by atoms with Crippen LogP contribution in [0.1, 0.15) is 5.56 Å². The van der Waals surface area contributed by atoms with Crippen LogP contribution in [0, 0.1) is 0 Å². The Morgan fingerprint density at radius 3 is 2.40 bits per heavy atom. The van der Waals surface area contributed by atoms with Gasteiger partial charge < -0.3 is 15.0 Å². The molecule has 40 heavy (non-hydrogen) atoms. The van der Waals surface area contributed by atoms with Crippen molar-refractivity contribution in [3.63, 3.8) is 0 Å². The molecule has 206 valence electrons. The average Bonchev–Trinajstić information content (AvgIpc) is 3.26. The van der Waals surface area contributed by atoms with Gasteiger partial charge in [-0.2, -0.15) is 13.2 Å². The zero-order valence-electron chi connectivity index (χ0n) is 19.9. The Balaban J connectivity index is 1.48. The molecule has 0 bridgehead atoms. The number of nitrogens with zero attached hydrogens (tertiary/aromatic N) is 2. The summed E-state index contributed by atoms with van der Waals surface area (Å²) in [6.45, 7) is 0. The molecule has 2 aromatic heterocycles. The van der Waals surface area contributed by atoms with Crippen LogP contribution in [0.3, 0.4) is 0 Å². The number of aromatic amines is 1. The maximum absolute atomic E-state index is 13.6. The molecular weight excluding hydrogens is 562 g/mol. The molecular formula is C26H16F6N4O3S. The lowest BCUT2D eigenvalue weighted by Gasteiger charge is -2.14. The fourth-order valence-electron chi connectivity index (χ4n) is 3.96. The van der Waals surface area contributed by atoms with Crippen LogP contribution in [0.15, 0.2) is 82.7 Å². The highest BCUT2D eigenvalue weighted by atomic mass is 32.2. The zero-order chi connectivity index (χ0) is 28.7. The van der Waals surface area contributed by atoms with E-state index in [1.165, 1.54) is 18.2 Å². The maximum atomic E-state index is 13.6. The van der Waals surface area contributed by atoms with E-state index in [2.05, 4.69) is 20.0 Å². The predicted octanol–water partition coefficient (Wildman–Crippen LogP) is 6.52. The normalized spacial score (nSPS) is 12.2. The van der Waals surface area contributed by atoms with Gasteiger partial charge in [-0.25, -0.2) is 4.98 Å². The first-order valence-electron chi connectivity index (χ1n) is 11.4. The van der Waals surface area contributed by atoms with Crippen LogP contribution in [0.5, 0.6) is 5.75 Å². The molecule has 0 aliphatic heterocycles. The number of amides is 1. The molecule has 0 radical (unpaired) electrons. The van der Waals surface area contributed by atoms with Crippen LogP contribution in [-0.2, 0) is 11.0 Å². The number of fused-ring (bicyclic) bond motifs is 3. The molecule has 0 aliphatic rings. The summed E-state index contributed by atoms with van der Waals surface area (Å²) in [5, 5.41) is 3.07. The number of carbonyl (C=O) groups is 1. The van der Waals surface area contributed by atoms with Gasteiger partial charge in [-0.3, -0.25) is 14.2 Å². The summed E-state index contributed by atoms with van der Waals surface area (Å²) in [7, 11) is 0. The van der Waals surface area contributed by atoms with Crippen LogP contribution in [0.25, 0.3) is 27.6 Å². The number of ether oxygens (including phenoxy) is 1. The molecule has 5 aromatic rings. The second-order valence-corrected chi connectivity index (χ2v) is 9.33. The lowest BCUT2D eigenvalue weighted by atomic mass is 10.2. The van der Waals surface area contributed by atoms with Gasteiger partial charge in [-0.15, -0.1) is 13.2 Å². The Labute approximate surface area is 224 Å². The van der Waals surface area contributed by atoms with Gasteiger partial charge in [0, 0.05) is 16.6 Å². The number of nitrogens with one attached hydrogen (secondary N) is 2. The molecule has 0 saturated heterocycles. The summed E-state index contributed by atoms with van der Waals surface area (Å²) in [4.78, 5) is 33.7. The second kappa shape index (κ2) is 10.3. The van der Waals surface area contributed by atoms with Gasteiger partial charge in [0.05, 0.1) is 17.0 Å². The number of thioether (sulfide) groups is 1. The van der Waals surface area contributed by atoms with Crippen molar-refractivity contribution in [2.75, 3.05) is 11.1 Å². The Hall–Kier alpha value is -4.46. The molecule has 1 amide bonds. The number of hydrogen-bond acceptors (Lipinski definition) is 5. The first-order chi connectivity index (χ1) is 18.9. The summed E-state index contributed by atoms with van der Waals surface area (Å²) in [5.74, 6) is -1.39. The molecule has 3 aromatic carbocycles. The number of rotatable bonds is 6. The molecule has 7 nitrogen and oxygen atoms in total. The summed E-state index contributed by atoms with van der Waals surface area (Å²) in [6, 6.07) is 15.5. The smallest absolute Gasteiger partial charge is 0.406 e. The molecule has 0 spiro atoms. The first kappa shape index (κ1) is 27.1. The van der Waals surface area contributed by atoms with Crippen LogP contribution in [-0.4, -0.2) is 32.6 Å². The van der Waals surface area contributed by atoms with Gasteiger partial charge in [-0.05, 0) is 48.5 Å². The van der Waals surface area contributed by atoms with E-state index in [1.54, 1.807) is 24.3 Å². The minimum absolute atomic E-state index is 0.0364. The van der Waals surface area contributed by atoms with E-state index in [4.69, 9.17) is 0 Å². The minimum Gasteiger partial charge on any atom is -0.406 e. The number of carbonyl (C=O) groups excluding carboxylic acids is 1. The van der Waals surface area contributed by atoms with Crippen molar-refractivity contribution in [1.82, 2.24) is 14.5 Å². The number of H-pyrrole nitrogens is 1. The predicted molar refractivity (Wildman–Crippen MR) is 137 cm³/mol. The number of para-hydroxylation sites is 1. The van der Waals surface area contributed by atoms with Gasteiger partial charge in [0.15, 0.2) is 5.16 Å². The lowest BCUT2D eigenvalue weighted by Crippen LogP contribution is -2.23. The van der Waals surface area contributed by atoms with Gasteiger partial charge >= 0.3 is 12.5 Å². The highest BCUT2D eigenvalue weighted by Crippen LogP contribution is 2.32. The van der Waals surface area contributed by atoms with Crippen LogP contribution in [0.2, 0.25) is 0 Å². The summed E-state index contributed by atoms with van der Waals surface area (Å²) in [6.07, 6.45) is -9.53. The molecule has 0 fully saturated rings. The van der Waals surface area contributed by atoms with E-state index >= 15 is 0 Å². The number of halogens is 6. The van der Waals surface area contributed by atoms with Crippen molar-refractivity contribution in [3.8, 4) is 11.4 Å². The van der Waals surface area contributed by atoms with Gasteiger partial charge in [0.25, 0.3) is 5.56 Å². The first-order valence-corrected chi connectivity index (χ1v) is 12.4. The number of anilines is 1. The maximum Gasteiger partial charge on any atom is 0.573 e. The van der Waals surface area contributed by atoms with Crippen LogP contribution in [0.4, 0.5) is 32.0 Å². The molecule has 2 N–H and O–H groups in total. The minimum atomic E-state index is -4.87. The molecule has 14 heteroatoms. The molecule has 0 aliphatic carbocycles. The van der Waals surface area contributed by atoms with Crippen LogP contribution < -0.4 is 15.6 Å². The quantitative estimate of drug-likeness (QED) is 0.136. The molecule has 2 heterocycles. The molecule has 0 atom stereocenters. The Morgan fingerprint density at radius 2 is 1.70 bits per heavy atom. The van der Waals surface area contributed by atoms with E-state index in [9.17, 15) is 35.9 Å². The van der Waals surface area contributed by atoms with Crippen molar-refractivity contribution < 1.29 is 35.9 Å². The number of alkyl halides is 6. The van der Waals surface area contributed by atoms with E-state index in [0.717, 1.165) is 46.7 Å². The van der Waals surface area contributed by atoms with E-state index in [0.29, 0.717) is 10.9 Å². The van der Waals surface area contributed by atoms with Crippen molar-refractivity contribution in [3.05, 3.63) is 88.7 Å². The van der Waals surface area contributed by atoms with Crippen molar-refractivity contribution >= 4 is 45.3 Å². The van der Waals surface area contributed by atoms with E-state index in [-0.39, 0.29) is 33.3 Å². The van der Waals surface area contributed by atoms with Crippen molar-refractivity contribution in [2.24, 2.45) is 0 Å². The van der Waals surface area contributed by atoms with Crippen LogP contribution >= 0.6 is 11.8 Å². The Bertz CT molecular complexity index is 1780. The summed E-state index contributed by atoms with van der Waals surface area (Å²) in [5.41, 5.74) is -0.605. The molecule has 0 unspecified atom stereocenters. The van der Waals surface area contributed by atoms with E-state index < -0.39 is 35.3 Å². The summed E-state index contributed by atoms with van der Waals surface area (Å²) >= 11 is 0.806. The monoisotopic (exact) mass is 578 g/mol. The second-order valence-electron chi connectivity index (χ2n) is 8.39. The molecule has 0 saturated carbocycles. The number of hydrogen-bond donors (Lipinski definition) is 2. The molecule has 5 rings (SSSR count). The third-order valence-corrected chi connectivity index (χ3v) is 6.57. The van der Waals surface area contributed by atoms with Crippen molar-refractivity contribution in [1.29, 1.82) is 0 Å². The highest BCUT2D eigenvalue weighted by molar-refractivity contribution is 7.99. The lowest BCUT2D eigenvalue weighted by molar-refractivity contribution is -0.274. The van der Waals surface area contributed by atoms with Gasteiger partial charge in [0.1, 0.15) is 16.8 Å². The fraction of sp³-hybridized carbons (Fsp3) is 0.115. The largest absolute Gasteiger partial charge is 0.573 e. The third kappa shape index (κ3) is 5.76. The Kier molecular flexibility index (Phi) is 6.96. The van der Waals surface area contributed by atoms with Crippen molar-refractivity contribution in [2.45, 2.75) is 17.7 Å². The SMILES string of the molecule is O=C(CSc1nc2c([nH]c3ccccc32)c(=O)n1-c1cccc(C(F)(F)F)c1)Nc1ccc(OC(F)(F)F)cc1. The third-order valence-electron chi connectivity index (χ3n) is 5.63. The highest BCUT2D eigenvalue weighted by Gasteiger charge is 2.32. The van der Waals surface area contributed by atoms with Gasteiger partial charge in [-0.1, -0.05) is 36.0 Å². The average molecular weight is 578 g/mol. The summed E-state index contributed by atoms with van der Waals surface area (Å²) < 4.78 is 82.1. The topological polar surface area (TPSA) is 89.0 Å². The van der Waals surface area contributed by atoms with E-state index in [1.807, 2.05) is 0 Å².